The normalized spacial score (nSPS) is 16.6. The monoisotopic (exact) mass is 412 g/mol. The van der Waals surface area contributed by atoms with Crippen molar-refractivity contribution in [1.82, 2.24) is 9.47 Å². The van der Waals surface area contributed by atoms with Crippen molar-refractivity contribution in [2.24, 2.45) is 0 Å². The van der Waals surface area contributed by atoms with Crippen LogP contribution in [-0.2, 0) is 9.53 Å². The maximum Gasteiger partial charge on any atom is 0.337 e. The minimum atomic E-state index is -0.379. The van der Waals surface area contributed by atoms with E-state index in [1.54, 1.807) is 18.2 Å². The zero-order chi connectivity index (χ0) is 21.3. The standard InChI is InChI=1S/C22H24N2O4S/c1-6-13(2)24-20(25)19(29-22(24)27)12-17-11-14(3)23(15(17)4)18-9-7-16(8-10-18)21(26)28-5/h7-13H,6H2,1-5H3/b19-12+/t13-/m0/s1. The lowest BCUT2D eigenvalue weighted by molar-refractivity contribution is -0.124. The minimum Gasteiger partial charge on any atom is -0.465 e. The van der Waals surface area contributed by atoms with Crippen molar-refractivity contribution in [3.8, 4) is 5.69 Å². The number of hydrogen-bond acceptors (Lipinski definition) is 5. The molecule has 3 rings (SSSR count). The molecule has 2 amide bonds. The fraction of sp³-hybridized carbons (Fsp3) is 0.318. The lowest BCUT2D eigenvalue weighted by atomic mass is 10.2. The summed E-state index contributed by atoms with van der Waals surface area (Å²) in [6, 6.07) is 9.02. The zero-order valence-electron chi connectivity index (χ0n) is 17.2. The van der Waals surface area contributed by atoms with Crippen LogP contribution in [0.25, 0.3) is 11.8 Å². The smallest absolute Gasteiger partial charge is 0.337 e. The molecule has 1 aliphatic rings. The molecule has 0 N–H and O–H groups in total. The molecule has 1 aromatic heterocycles. The van der Waals surface area contributed by atoms with Gasteiger partial charge in [-0.1, -0.05) is 6.92 Å². The first-order valence-corrected chi connectivity index (χ1v) is 10.2. The first-order chi connectivity index (χ1) is 13.8. The number of esters is 1. The fourth-order valence-electron chi connectivity index (χ4n) is 3.38. The number of aryl methyl sites for hydroxylation is 1. The molecule has 152 valence electrons. The van der Waals surface area contributed by atoms with Gasteiger partial charge in [-0.3, -0.25) is 14.5 Å². The average molecular weight is 413 g/mol. The van der Waals surface area contributed by atoms with Gasteiger partial charge in [-0.2, -0.15) is 0 Å². The molecule has 29 heavy (non-hydrogen) atoms. The molecule has 1 aromatic carbocycles. The van der Waals surface area contributed by atoms with Crippen molar-refractivity contribution in [3.05, 3.63) is 57.8 Å². The van der Waals surface area contributed by atoms with Crippen molar-refractivity contribution in [2.75, 3.05) is 7.11 Å². The zero-order valence-corrected chi connectivity index (χ0v) is 18.0. The van der Waals surface area contributed by atoms with E-state index in [4.69, 9.17) is 4.74 Å². The van der Waals surface area contributed by atoms with Gasteiger partial charge in [0.2, 0.25) is 0 Å². The van der Waals surface area contributed by atoms with Crippen LogP contribution in [0.5, 0.6) is 0 Å². The van der Waals surface area contributed by atoms with Gasteiger partial charge in [-0.15, -0.1) is 0 Å². The summed E-state index contributed by atoms with van der Waals surface area (Å²) in [5.41, 5.74) is 4.20. The number of methoxy groups -OCH3 is 1. The summed E-state index contributed by atoms with van der Waals surface area (Å²) in [5, 5.41) is -0.220. The Morgan fingerprint density at radius 2 is 1.86 bits per heavy atom. The summed E-state index contributed by atoms with van der Waals surface area (Å²) >= 11 is 0.986. The number of carbonyl (C=O) groups excluding carboxylic acids is 3. The van der Waals surface area contributed by atoms with Crippen LogP contribution in [0, 0.1) is 13.8 Å². The summed E-state index contributed by atoms with van der Waals surface area (Å²) in [6.45, 7) is 7.77. The van der Waals surface area contributed by atoms with Gasteiger partial charge in [0.15, 0.2) is 0 Å². The molecule has 1 atom stereocenters. The third-order valence-corrected chi connectivity index (χ3v) is 6.04. The van der Waals surface area contributed by atoms with Gasteiger partial charge in [0.25, 0.3) is 11.1 Å². The van der Waals surface area contributed by atoms with E-state index in [2.05, 4.69) is 0 Å². The van der Waals surface area contributed by atoms with E-state index >= 15 is 0 Å². The van der Waals surface area contributed by atoms with Crippen molar-refractivity contribution >= 4 is 35.0 Å². The van der Waals surface area contributed by atoms with Crippen molar-refractivity contribution < 1.29 is 19.1 Å². The van der Waals surface area contributed by atoms with E-state index in [-0.39, 0.29) is 23.2 Å². The van der Waals surface area contributed by atoms with Crippen molar-refractivity contribution in [2.45, 2.75) is 40.2 Å². The quantitative estimate of drug-likeness (QED) is 0.525. The highest BCUT2D eigenvalue weighted by Crippen LogP contribution is 2.35. The number of imide groups is 1. The fourth-order valence-corrected chi connectivity index (χ4v) is 4.30. The van der Waals surface area contributed by atoms with E-state index < -0.39 is 0 Å². The van der Waals surface area contributed by atoms with E-state index in [1.807, 2.05) is 50.5 Å². The topological polar surface area (TPSA) is 68.6 Å². The Labute approximate surface area is 174 Å². The molecule has 1 saturated heterocycles. The summed E-state index contributed by atoms with van der Waals surface area (Å²) in [5.74, 6) is -0.614. The summed E-state index contributed by atoms with van der Waals surface area (Å²) in [4.78, 5) is 38.4. The number of benzene rings is 1. The number of ether oxygens (including phenoxy) is 1. The van der Waals surface area contributed by atoms with Crippen LogP contribution in [0.4, 0.5) is 4.79 Å². The number of aromatic nitrogens is 1. The number of rotatable bonds is 5. The summed E-state index contributed by atoms with van der Waals surface area (Å²) in [7, 11) is 1.35. The second-order valence-electron chi connectivity index (χ2n) is 7.01. The Hall–Kier alpha value is -2.80. The Morgan fingerprint density at radius 1 is 1.21 bits per heavy atom. The van der Waals surface area contributed by atoms with Crippen molar-refractivity contribution in [1.29, 1.82) is 0 Å². The minimum absolute atomic E-state index is 0.117. The molecule has 0 unspecified atom stereocenters. The Morgan fingerprint density at radius 3 is 2.45 bits per heavy atom. The highest BCUT2D eigenvalue weighted by atomic mass is 32.2. The average Bonchev–Trinajstić information content (AvgIpc) is 3.15. The van der Waals surface area contributed by atoms with Gasteiger partial charge in [-0.25, -0.2) is 4.79 Å². The summed E-state index contributed by atoms with van der Waals surface area (Å²) in [6.07, 6.45) is 2.51. The van der Waals surface area contributed by atoms with Crippen LogP contribution in [0.1, 0.15) is 47.6 Å². The van der Waals surface area contributed by atoms with E-state index in [1.165, 1.54) is 12.0 Å². The predicted molar refractivity (Wildman–Crippen MR) is 114 cm³/mol. The molecule has 1 fully saturated rings. The van der Waals surface area contributed by atoms with E-state index in [0.717, 1.165) is 40.8 Å². The van der Waals surface area contributed by atoms with Crippen LogP contribution >= 0.6 is 11.8 Å². The highest BCUT2D eigenvalue weighted by molar-refractivity contribution is 8.18. The van der Waals surface area contributed by atoms with Crippen LogP contribution in [-0.4, -0.2) is 39.7 Å². The Bertz CT molecular complexity index is 1000. The largest absolute Gasteiger partial charge is 0.465 e. The molecule has 0 radical (unpaired) electrons. The van der Waals surface area contributed by atoms with Gasteiger partial charge in [0, 0.05) is 23.1 Å². The molecule has 2 heterocycles. The van der Waals surface area contributed by atoms with Gasteiger partial charge in [0.05, 0.1) is 17.6 Å². The molecule has 0 bridgehead atoms. The van der Waals surface area contributed by atoms with Crippen LogP contribution in [0.15, 0.2) is 35.2 Å². The summed E-state index contributed by atoms with van der Waals surface area (Å²) < 4.78 is 6.79. The maximum atomic E-state index is 12.7. The Balaban J connectivity index is 1.94. The first-order valence-electron chi connectivity index (χ1n) is 9.43. The van der Waals surface area contributed by atoms with Gasteiger partial charge in [0.1, 0.15) is 0 Å². The molecule has 6 nitrogen and oxygen atoms in total. The lowest BCUT2D eigenvalue weighted by Crippen LogP contribution is -2.36. The number of thioether (sulfide) groups is 1. The molecule has 0 spiro atoms. The lowest BCUT2D eigenvalue weighted by Gasteiger charge is -2.19. The van der Waals surface area contributed by atoms with Crippen molar-refractivity contribution in [3.63, 3.8) is 0 Å². The molecule has 2 aromatic rings. The molecular weight excluding hydrogens is 388 g/mol. The highest BCUT2D eigenvalue weighted by Gasteiger charge is 2.37. The second-order valence-corrected chi connectivity index (χ2v) is 8.00. The molecule has 0 saturated carbocycles. The number of hydrogen-bond donors (Lipinski definition) is 0. The van der Waals surface area contributed by atoms with Gasteiger partial charge >= 0.3 is 5.97 Å². The van der Waals surface area contributed by atoms with Crippen LogP contribution < -0.4 is 0 Å². The predicted octanol–water partition coefficient (Wildman–Crippen LogP) is 4.72. The number of nitrogens with zero attached hydrogens (tertiary/aromatic N) is 2. The van der Waals surface area contributed by atoms with E-state index in [9.17, 15) is 14.4 Å². The maximum absolute atomic E-state index is 12.7. The van der Waals surface area contributed by atoms with E-state index in [0.29, 0.717) is 10.5 Å². The molecule has 0 aliphatic carbocycles. The third kappa shape index (κ3) is 3.87. The number of amides is 2. The first kappa shape index (κ1) is 20.9. The van der Waals surface area contributed by atoms with Crippen LogP contribution in [0.3, 0.4) is 0 Å². The van der Waals surface area contributed by atoms with Crippen LogP contribution in [0.2, 0.25) is 0 Å². The molecule has 1 aliphatic heterocycles. The Kier molecular flexibility index (Phi) is 5.98. The second kappa shape index (κ2) is 8.29. The molecular formula is C22H24N2O4S. The third-order valence-electron chi connectivity index (χ3n) is 5.16. The SMILES string of the molecule is CC[C@H](C)N1C(=O)S/C(=C/c2cc(C)n(-c3ccc(C(=O)OC)cc3)c2C)C1=O. The molecule has 7 heteroatoms. The van der Waals surface area contributed by atoms with Gasteiger partial charge < -0.3 is 9.30 Å². The van der Waals surface area contributed by atoms with Gasteiger partial charge in [-0.05, 0) is 80.9 Å². The number of carbonyl (C=O) groups is 3.